The van der Waals surface area contributed by atoms with Gasteiger partial charge in [0.05, 0.1) is 12.5 Å². The molecule has 6 nitrogen and oxygen atoms in total. The number of hydrogen-bond acceptors (Lipinski definition) is 4. The number of carbonyl (C=O) groups is 1. The Balaban J connectivity index is 1.46. The lowest BCUT2D eigenvalue weighted by molar-refractivity contribution is 0.0927. The molecule has 0 saturated heterocycles. The monoisotopic (exact) mass is 359 g/mol. The second-order valence-electron chi connectivity index (χ2n) is 5.90. The van der Waals surface area contributed by atoms with Crippen molar-refractivity contribution in [2.24, 2.45) is 5.10 Å². The second kappa shape index (κ2) is 7.61. The van der Waals surface area contributed by atoms with Crippen molar-refractivity contribution in [2.45, 2.75) is 6.61 Å². The summed E-state index contributed by atoms with van der Waals surface area (Å²) in [5.74, 6) is 0.575. The normalized spacial score (nSPS) is 11.1. The number of fused-ring (bicyclic) bond motifs is 1. The minimum Gasteiger partial charge on any atom is -0.489 e. The summed E-state index contributed by atoms with van der Waals surface area (Å²) >= 11 is 0. The van der Waals surface area contributed by atoms with Crippen LogP contribution in [-0.4, -0.2) is 17.1 Å². The van der Waals surface area contributed by atoms with Gasteiger partial charge in [0.15, 0.2) is 5.76 Å². The van der Waals surface area contributed by atoms with E-state index in [0.29, 0.717) is 6.61 Å². The van der Waals surface area contributed by atoms with Crippen molar-refractivity contribution < 1.29 is 13.9 Å². The van der Waals surface area contributed by atoms with Crippen molar-refractivity contribution in [3.63, 3.8) is 0 Å². The first-order valence-electron chi connectivity index (χ1n) is 8.44. The highest BCUT2D eigenvalue weighted by Crippen LogP contribution is 2.23. The number of ether oxygens (including phenoxy) is 1. The lowest BCUT2D eigenvalue weighted by Gasteiger charge is -2.06. The number of carbonyl (C=O) groups excluding carboxylic acids is 1. The lowest BCUT2D eigenvalue weighted by atomic mass is 10.2. The molecule has 0 aliphatic carbocycles. The molecule has 2 heterocycles. The lowest BCUT2D eigenvalue weighted by Crippen LogP contribution is -2.16. The number of hydrogen-bond donors (Lipinski definition) is 2. The summed E-state index contributed by atoms with van der Waals surface area (Å²) in [6.07, 6.45) is 4.85. The van der Waals surface area contributed by atoms with Crippen LogP contribution in [0.2, 0.25) is 0 Å². The van der Waals surface area contributed by atoms with Gasteiger partial charge in [0.1, 0.15) is 12.4 Å². The van der Waals surface area contributed by atoms with Crippen LogP contribution in [0.5, 0.6) is 5.75 Å². The number of furan rings is 1. The van der Waals surface area contributed by atoms with E-state index in [1.54, 1.807) is 18.3 Å². The number of H-pyrrole nitrogens is 1. The Hall–Kier alpha value is -3.80. The number of nitrogens with zero attached hydrogens (tertiary/aromatic N) is 1. The van der Waals surface area contributed by atoms with Gasteiger partial charge in [0.25, 0.3) is 0 Å². The van der Waals surface area contributed by atoms with Gasteiger partial charge in [-0.25, -0.2) is 5.43 Å². The number of aromatic amines is 1. The number of rotatable bonds is 6. The van der Waals surface area contributed by atoms with Crippen LogP contribution in [0.4, 0.5) is 0 Å². The Kier molecular flexibility index (Phi) is 4.70. The van der Waals surface area contributed by atoms with Crippen molar-refractivity contribution in [2.75, 3.05) is 0 Å². The Morgan fingerprint density at radius 1 is 1.15 bits per heavy atom. The predicted octanol–water partition coefficient (Wildman–Crippen LogP) is 4.10. The fraction of sp³-hybridized carbons (Fsp3) is 0.0476. The van der Waals surface area contributed by atoms with E-state index in [0.717, 1.165) is 27.8 Å². The van der Waals surface area contributed by atoms with Crippen molar-refractivity contribution >= 4 is 23.0 Å². The van der Waals surface area contributed by atoms with Crippen LogP contribution in [0.1, 0.15) is 21.7 Å². The van der Waals surface area contributed by atoms with Crippen LogP contribution in [0.3, 0.4) is 0 Å². The van der Waals surface area contributed by atoms with E-state index in [4.69, 9.17) is 9.15 Å². The summed E-state index contributed by atoms with van der Waals surface area (Å²) in [5.41, 5.74) is 5.35. The zero-order chi connectivity index (χ0) is 18.5. The highest BCUT2D eigenvalue weighted by atomic mass is 16.5. The van der Waals surface area contributed by atoms with Crippen LogP contribution in [-0.2, 0) is 6.61 Å². The van der Waals surface area contributed by atoms with Gasteiger partial charge in [0.2, 0.25) is 0 Å². The topological polar surface area (TPSA) is 79.6 Å². The number of benzene rings is 2. The van der Waals surface area contributed by atoms with Gasteiger partial charge in [-0.15, -0.1) is 0 Å². The molecule has 0 saturated carbocycles. The summed E-state index contributed by atoms with van der Waals surface area (Å²) < 4.78 is 10.9. The average molecular weight is 359 g/mol. The fourth-order valence-electron chi connectivity index (χ4n) is 2.68. The molecule has 1 amide bonds. The minimum absolute atomic E-state index is 0.211. The zero-order valence-corrected chi connectivity index (χ0v) is 14.4. The van der Waals surface area contributed by atoms with E-state index in [1.165, 1.54) is 6.26 Å². The Morgan fingerprint density at radius 3 is 2.85 bits per heavy atom. The SMILES string of the molecule is O=C(N/N=C/c1c[nH]c2ccc(OCc3ccccc3)cc12)c1ccco1. The van der Waals surface area contributed by atoms with Gasteiger partial charge in [0, 0.05) is 22.7 Å². The third-order valence-electron chi connectivity index (χ3n) is 4.05. The molecular formula is C21H17N3O3. The highest BCUT2D eigenvalue weighted by Gasteiger charge is 2.07. The van der Waals surface area contributed by atoms with E-state index in [1.807, 2.05) is 54.7 Å². The van der Waals surface area contributed by atoms with Gasteiger partial charge in [-0.3, -0.25) is 4.79 Å². The molecule has 27 heavy (non-hydrogen) atoms. The third kappa shape index (κ3) is 3.90. The van der Waals surface area contributed by atoms with Gasteiger partial charge in [-0.1, -0.05) is 30.3 Å². The Labute approximate surface area is 155 Å². The van der Waals surface area contributed by atoms with E-state index < -0.39 is 5.91 Å². The van der Waals surface area contributed by atoms with Crippen LogP contribution < -0.4 is 10.2 Å². The van der Waals surface area contributed by atoms with E-state index >= 15 is 0 Å². The average Bonchev–Trinajstić information content (AvgIpc) is 3.37. The molecule has 0 aliphatic heterocycles. The molecule has 6 heteroatoms. The van der Waals surface area contributed by atoms with Crippen molar-refractivity contribution in [1.29, 1.82) is 0 Å². The second-order valence-corrected chi connectivity index (χ2v) is 5.90. The maximum absolute atomic E-state index is 11.8. The highest BCUT2D eigenvalue weighted by molar-refractivity contribution is 6.00. The predicted molar refractivity (Wildman–Crippen MR) is 103 cm³/mol. The molecule has 0 spiro atoms. The number of nitrogens with one attached hydrogen (secondary N) is 2. The summed E-state index contributed by atoms with van der Waals surface area (Å²) in [5, 5.41) is 4.95. The maximum Gasteiger partial charge on any atom is 0.307 e. The molecule has 134 valence electrons. The smallest absolute Gasteiger partial charge is 0.307 e. The first-order valence-corrected chi connectivity index (χ1v) is 8.44. The van der Waals surface area contributed by atoms with Crippen molar-refractivity contribution in [3.8, 4) is 5.75 Å². The molecular weight excluding hydrogens is 342 g/mol. The summed E-state index contributed by atoms with van der Waals surface area (Å²) in [6.45, 7) is 0.499. The molecule has 2 aromatic heterocycles. The molecule has 2 aromatic carbocycles. The van der Waals surface area contributed by atoms with Gasteiger partial charge in [-0.2, -0.15) is 5.10 Å². The summed E-state index contributed by atoms with van der Waals surface area (Å²) in [4.78, 5) is 15.0. The Morgan fingerprint density at radius 2 is 2.04 bits per heavy atom. The fourth-order valence-corrected chi connectivity index (χ4v) is 2.68. The van der Waals surface area contributed by atoms with Crippen molar-refractivity contribution in [1.82, 2.24) is 10.4 Å². The molecule has 0 bridgehead atoms. The van der Waals surface area contributed by atoms with E-state index in [-0.39, 0.29) is 5.76 Å². The molecule has 0 radical (unpaired) electrons. The number of amides is 1. The van der Waals surface area contributed by atoms with E-state index in [9.17, 15) is 4.79 Å². The Bertz CT molecular complexity index is 1070. The van der Waals surface area contributed by atoms with Gasteiger partial charge in [-0.05, 0) is 35.9 Å². The summed E-state index contributed by atoms with van der Waals surface area (Å²) in [7, 11) is 0. The zero-order valence-electron chi connectivity index (χ0n) is 14.4. The largest absolute Gasteiger partial charge is 0.489 e. The molecule has 0 aliphatic rings. The molecule has 4 rings (SSSR count). The number of hydrazone groups is 1. The quantitative estimate of drug-likeness (QED) is 0.402. The molecule has 0 unspecified atom stereocenters. The van der Waals surface area contributed by atoms with Crippen LogP contribution in [0, 0.1) is 0 Å². The molecule has 2 N–H and O–H groups in total. The van der Waals surface area contributed by atoms with Crippen molar-refractivity contribution in [3.05, 3.63) is 90.0 Å². The molecule has 4 aromatic rings. The van der Waals surface area contributed by atoms with Crippen LogP contribution >= 0.6 is 0 Å². The van der Waals surface area contributed by atoms with Crippen LogP contribution in [0.25, 0.3) is 10.9 Å². The maximum atomic E-state index is 11.8. The summed E-state index contributed by atoms with van der Waals surface area (Å²) in [6, 6.07) is 19.0. The van der Waals surface area contributed by atoms with E-state index in [2.05, 4.69) is 15.5 Å². The molecule has 0 atom stereocenters. The standard InChI is InChI=1S/C21H17N3O3/c25-21(20-7-4-10-26-20)24-23-13-16-12-22-19-9-8-17(11-18(16)19)27-14-15-5-2-1-3-6-15/h1-13,22H,14H2,(H,24,25)/b23-13+. The number of aromatic nitrogens is 1. The third-order valence-corrected chi connectivity index (χ3v) is 4.05. The van der Waals surface area contributed by atoms with Crippen LogP contribution in [0.15, 0.2) is 82.6 Å². The minimum atomic E-state index is -0.400. The molecule has 0 fully saturated rings. The first-order chi connectivity index (χ1) is 13.3. The van der Waals surface area contributed by atoms with Gasteiger partial charge < -0.3 is 14.1 Å². The van der Waals surface area contributed by atoms with Gasteiger partial charge >= 0.3 is 5.91 Å². The first kappa shape index (κ1) is 16.7.